The standard InChI is InChI=1S/C13H19BrN2O/c1-9-7-11(8-15-13(9)14)16-10-3-5-12(17-2)6-4-10/h7-8,10,12,16H,3-6H2,1-2H3. The molecule has 94 valence electrons. The SMILES string of the molecule is COC1CCC(Nc2cnc(Br)c(C)c2)CC1. The summed E-state index contributed by atoms with van der Waals surface area (Å²) in [4.78, 5) is 4.30. The largest absolute Gasteiger partial charge is 0.381 e. The van der Waals surface area contributed by atoms with Gasteiger partial charge in [-0.1, -0.05) is 0 Å². The minimum Gasteiger partial charge on any atom is -0.381 e. The Hall–Kier alpha value is -0.610. The van der Waals surface area contributed by atoms with Crippen molar-refractivity contribution in [1.82, 2.24) is 4.98 Å². The molecule has 0 aliphatic heterocycles. The van der Waals surface area contributed by atoms with E-state index in [9.17, 15) is 0 Å². The molecule has 1 fully saturated rings. The molecule has 2 rings (SSSR count). The van der Waals surface area contributed by atoms with Crippen LogP contribution in [0.5, 0.6) is 0 Å². The van der Waals surface area contributed by atoms with Gasteiger partial charge >= 0.3 is 0 Å². The van der Waals surface area contributed by atoms with Gasteiger partial charge in [-0.2, -0.15) is 0 Å². The Kier molecular flexibility index (Phi) is 4.40. The van der Waals surface area contributed by atoms with Crippen molar-refractivity contribution in [1.29, 1.82) is 0 Å². The number of aromatic nitrogens is 1. The van der Waals surface area contributed by atoms with Crippen LogP contribution in [0.15, 0.2) is 16.9 Å². The highest BCUT2D eigenvalue weighted by Gasteiger charge is 2.20. The second kappa shape index (κ2) is 5.83. The minimum atomic E-state index is 0.456. The first-order valence-electron chi connectivity index (χ1n) is 6.10. The number of aryl methyl sites for hydroxylation is 1. The molecule has 0 spiro atoms. The molecule has 0 unspecified atom stereocenters. The topological polar surface area (TPSA) is 34.1 Å². The average molecular weight is 299 g/mol. The van der Waals surface area contributed by atoms with Gasteiger partial charge in [0.05, 0.1) is 18.0 Å². The molecule has 1 aromatic rings. The highest BCUT2D eigenvalue weighted by Crippen LogP contribution is 2.24. The molecule has 1 aliphatic carbocycles. The fourth-order valence-corrected chi connectivity index (χ4v) is 2.53. The average Bonchev–Trinajstić information content (AvgIpc) is 2.35. The van der Waals surface area contributed by atoms with E-state index in [1.54, 1.807) is 7.11 Å². The maximum absolute atomic E-state index is 5.38. The first-order valence-corrected chi connectivity index (χ1v) is 6.90. The lowest BCUT2D eigenvalue weighted by atomic mass is 9.93. The smallest absolute Gasteiger partial charge is 0.109 e. The molecule has 0 aromatic carbocycles. The van der Waals surface area contributed by atoms with Gasteiger partial charge in [-0.15, -0.1) is 0 Å². The van der Waals surface area contributed by atoms with Crippen molar-refractivity contribution < 1.29 is 4.74 Å². The van der Waals surface area contributed by atoms with E-state index in [1.807, 2.05) is 6.20 Å². The minimum absolute atomic E-state index is 0.456. The third-order valence-electron chi connectivity index (χ3n) is 3.39. The lowest BCUT2D eigenvalue weighted by molar-refractivity contribution is 0.0682. The summed E-state index contributed by atoms with van der Waals surface area (Å²) in [6, 6.07) is 2.70. The first kappa shape index (κ1) is 12.8. The van der Waals surface area contributed by atoms with Crippen LogP contribution in [0.4, 0.5) is 5.69 Å². The zero-order valence-corrected chi connectivity index (χ0v) is 12.0. The van der Waals surface area contributed by atoms with Crippen LogP contribution in [0.1, 0.15) is 31.2 Å². The van der Waals surface area contributed by atoms with Gasteiger partial charge in [0.25, 0.3) is 0 Å². The van der Waals surface area contributed by atoms with Crippen molar-refractivity contribution in [2.45, 2.75) is 44.8 Å². The molecule has 0 saturated heterocycles. The summed E-state index contributed by atoms with van der Waals surface area (Å²) in [5, 5.41) is 3.55. The molecule has 1 heterocycles. The molecule has 1 aromatic heterocycles. The Labute approximate surface area is 111 Å². The Morgan fingerprint density at radius 3 is 2.65 bits per heavy atom. The Morgan fingerprint density at radius 2 is 2.06 bits per heavy atom. The number of nitrogens with zero attached hydrogens (tertiary/aromatic N) is 1. The van der Waals surface area contributed by atoms with Gasteiger partial charge < -0.3 is 10.1 Å². The fourth-order valence-electron chi connectivity index (χ4n) is 2.32. The maximum atomic E-state index is 5.38. The Morgan fingerprint density at radius 1 is 1.35 bits per heavy atom. The van der Waals surface area contributed by atoms with Crippen molar-refractivity contribution in [3.05, 3.63) is 22.4 Å². The normalized spacial score (nSPS) is 24.6. The molecule has 1 saturated carbocycles. The van der Waals surface area contributed by atoms with Crippen molar-refractivity contribution in [3.8, 4) is 0 Å². The molecule has 0 bridgehead atoms. The van der Waals surface area contributed by atoms with Crippen LogP contribution in [0, 0.1) is 6.92 Å². The number of hydrogen-bond donors (Lipinski definition) is 1. The van der Waals surface area contributed by atoms with Crippen LogP contribution in [0.3, 0.4) is 0 Å². The van der Waals surface area contributed by atoms with Gasteiger partial charge in [0, 0.05) is 13.2 Å². The molecule has 0 radical (unpaired) electrons. The summed E-state index contributed by atoms with van der Waals surface area (Å²) in [5.74, 6) is 0. The summed E-state index contributed by atoms with van der Waals surface area (Å²) in [7, 11) is 1.81. The number of halogens is 1. The summed E-state index contributed by atoms with van der Waals surface area (Å²) in [6.07, 6.45) is 6.99. The molecule has 3 nitrogen and oxygen atoms in total. The van der Waals surface area contributed by atoms with Gasteiger partial charge in [0.1, 0.15) is 4.60 Å². The van der Waals surface area contributed by atoms with Gasteiger partial charge in [-0.3, -0.25) is 0 Å². The number of rotatable bonds is 3. The van der Waals surface area contributed by atoms with Crippen molar-refractivity contribution in [2.24, 2.45) is 0 Å². The first-order chi connectivity index (χ1) is 8.19. The molecule has 0 atom stereocenters. The van der Waals surface area contributed by atoms with Gasteiger partial charge in [-0.05, 0) is 60.2 Å². The molecule has 0 amide bonds. The predicted molar refractivity (Wildman–Crippen MR) is 73.3 cm³/mol. The summed E-state index contributed by atoms with van der Waals surface area (Å²) < 4.78 is 6.30. The highest BCUT2D eigenvalue weighted by molar-refractivity contribution is 9.10. The number of anilines is 1. The maximum Gasteiger partial charge on any atom is 0.109 e. The van der Waals surface area contributed by atoms with Crippen LogP contribution < -0.4 is 5.32 Å². The number of ether oxygens (including phenoxy) is 1. The molecule has 4 heteroatoms. The molecule has 17 heavy (non-hydrogen) atoms. The van der Waals surface area contributed by atoms with Crippen LogP contribution >= 0.6 is 15.9 Å². The van der Waals surface area contributed by atoms with E-state index < -0.39 is 0 Å². The monoisotopic (exact) mass is 298 g/mol. The fraction of sp³-hybridized carbons (Fsp3) is 0.615. The summed E-state index contributed by atoms with van der Waals surface area (Å²) in [6.45, 7) is 2.06. The van der Waals surface area contributed by atoms with E-state index in [0.717, 1.165) is 23.1 Å². The lowest BCUT2D eigenvalue weighted by Gasteiger charge is -2.28. The molecule has 1 N–H and O–H groups in total. The zero-order valence-electron chi connectivity index (χ0n) is 10.4. The number of pyridine rings is 1. The van der Waals surface area contributed by atoms with Gasteiger partial charge in [-0.25, -0.2) is 4.98 Å². The van der Waals surface area contributed by atoms with Crippen molar-refractivity contribution in [2.75, 3.05) is 12.4 Å². The van der Waals surface area contributed by atoms with E-state index in [0.29, 0.717) is 12.1 Å². The van der Waals surface area contributed by atoms with Crippen LogP contribution in [0.2, 0.25) is 0 Å². The highest BCUT2D eigenvalue weighted by atomic mass is 79.9. The lowest BCUT2D eigenvalue weighted by Crippen LogP contribution is -2.29. The summed E-state index contributed by atoms with van der Waals surface area (Å²) >= 11 is 3.42. The predicted octanol–water partition coefficient (Wildman–Crippen LogP) is 3.52. The van der Waals surface area contributed by atoms with Crippen LogP contribution in [0.25, 0.3) is 0 Å². The second-order valence-corrected chi connectivity index (χ2v) is 5.44. The number of hydrogen-bond acceptors (Lipinski definition) is 3. The third kappa shape index (κ3) is 3.42. The molecule has 1 aliphatic rings. The van der Waals surface area contributed by atoms with Crippen LogP contribution in [-0.4, -0.2) is 24.2 Å². The second-order valence-electron chi connectivity index (χ2n) is 4.69. The Bertz CT molecular complexity index is 376. The van der Waals surface area contributed by atoms with E-state index in [4.69, 9.17) is 4.74 Å². The van der Waals surface area contributed by atoms with E-state index >= 15 is 0 Å². The van der Waals surface area contributed by atoms with Gasteiger partial charge in [0.15, 0.2) is 0 Å². The van der Waals surface area contributed by atoms with E-state index in [-0.39, 0.29) is 0 Å². The third-order valence-corrected chi connectivity index (χ3v) is 4.22. The van der Waals surface area contributed by atoms with Crippen molar-refractivity contribution >= 4 is 21.6 Å². The quantitative estimate of drug-likeness (QED) is 0.867. The Balaban J connectivity index is 1.91. The van der Waals surface area contributed by atoms with Gasteiger partial charge in [0.2, 0.25) is 0 Å². The molecular formula is C13H19BrN2O. The summed E-state index contributed by atoms with van der Waals surface area (Å²) in [5.41, 5.74) is 2.28. The van der Waals surface area contributed by atoms with Crippen LogP contribution in [-0.2, 0) is 4.74 Å². The van der Waals surface area contributed by atoms with E-state index in [1.165, 1.54) is 18.4 Å². The molecular weight excluding hydrogens is 280 g/mol. The van der Waals surface area contributed by atoms with Crippen molar-refractivity contribution in [3.63, 3.8) is 0 Å². The zero-order chi connectivity index (χ0) is 12.3. The van der Waals surface area contributed by atoms with E-state index in [2.05, 4.69) is 39.2 Å². The number of nitrogens with one attached hydrogen (secondary N) is 1. The number of methoxy groups -OCH3 is 1.